The van der Waals surface area contributed by atoms with E-state index in [-0.39, 0.29) is 25.0 Å². The molecule has 0 spiro atoms. The number of aliphatic hydroxyl groups is 1. The summed E-state index contributed by atoms with van der Waals surface area (Å²) >= 11 is 0. The number of hydrogen-bond donors (Lipinski definition) is 2. The largest absolute Gasteiger partial charge is 0.396 e. The summed E-state index contributed by atoms with van der Waals surface area (Å²) in [6.07, 6.45) is 1.99. The second-order valence-corrected chi connectivity index (χ2v) is 4.64. The molecule has 1 aliphatic rings. The fourth-order valence-corrected chi connectivity index (χ4v) is 2.13. The van der Waals surface area contributed by atoms with Gasteiger partial charge in [0.15, 0.2) is 0 Å². The quantitative estimate of drug-likeness (QED) is 0.824. The van der Waals surface area contributed by atoms with Gasteiger partial charge in [-0.05, 0) is 30.5 Å². The summed E-state index contributed by atoms with van der Waals surface area (Å²) in [5.74, 6) is -0.126. The van der Waals surface area contributed by atoms with Gasteiger partial charge in [0.2, 0.25) is 11.8 Å². The highest BCUT2D eigenvalue weighted by Gasteiger charge is 2.22. The molecule has 0 atom stereocenters. The maximum atomic E-state index is 11.8. The van der Waals surface area contributed by atoms with Crippen molar-refractivity contribution in [2.45, 2.75) is 19.3 Å². The molecular formula is C14H18N2O3. The SMILES string of the molecule is O=C(CN1CCCC1=O)Nc1ccc(CCO)cc1. The summed E-state index contributed by atoms with van der Waals surface area (Å²) in [6, 6.07) is 7.34. The second kappa shape index (κ2) is 6.33. The van der Waals surface area contributed by atoms with E-state index in [1.165, 1.54) is 0 Å². The van der Waals surface area contributed by atoms with Crippen molar-refractivity contribution in [1.82, 2.24) is 4.90 Å². The molecule has 1 saturated heterocycles. The molecule has 1 aromatic carbocycles. The Morgan fingerprint density at radius 1 is 1.32 bits per heavy atom. The molecule has 0 bridgehead atoms. The van der Waals surface area contributed by atoms with Crippen molar-refractivity contribution in [3.05, 3.63) is 29.8 Å². The van der Waals surface area contributed by atoms with E-state index >= 15 is 0 Å². The van der Waals surface area contributed by atoms with Gasteiger partial charge in [-0.2, -0.15) is 0 Å². The van der Waals surface area contributed by atoms with Crippen molar-refractivity contribution >= 4 is 17.5 Å². The van der Waals surface area contributed by atoms with Crippen LogP contribution in [0.15, 0.2) is 24.3 Å². The molecule has 2 rings (SSSR count). The fourth-order valence-electron chi connectivity index (χ4n) is 2.13. The molecule has 5 heteroatoms. The van der Waals surface area contributed by atoms with Gasteiger partial charge < -0.3 is 15.3 Å². The number of carbonyl (C=O) groups excluding carboxylic acids is 2. The average Bonchev–Trinajstić information content (AvgIpc) is 2.78. The Bertz CT molecular complexity index is 456. The highest BCUT2D eigenvalue weighted by molar-refractivity contribution is 5.94. The number of amides is 2. The summed E-state index contributed by atoms with van der Waals surface area (Å²) in [6.45, 7) is 0.904. The number of benzene rings is 1. The van der Waals surface area contributed by atoms with Gasteiger partial charge in [-0.25, -0.2) is 0 Å². The van der Waals surface area contributed by atoms with Gasteiger partial charge in [-0.3, -0.25) is 9.59 Å². The van der Waals surface area contributed by atoms with Crippen molar-refractivity contribution in [1.29, 1.82) is 0 Å². The highest BCUT2D eigenvalue weighted by atomic mass is 16.3. The van der Waals surface area contributed by atoms with Crippen LogP contribution in [0, 0.1) is 0 Å². The first-order valence-electron chi connectivity index (χ1n) is 6.46. The number of anilines is 1. The van der Waals surface area contributed by atoms with Crippen LogP contribution < -0.4 is 5.32 Å². The lowest BCUT2D eigenvalue weighted by Gasteiger charge is -2.15. The number of nitrogens with zero attached hydrogens (tertiary/aromatic N) is 1. The van der Waals surface area contributed by atoms with Crippen molar-refractivity contribution in [3.8, 4) is 0 Å². The summed E-state index contributed by atoms with van der Waals surface area (Å²) in [5, 5.41) is 11.6. The van der Waals surface area contributed by atoms with E-state index in [0.29, 0.717) is 25.1 Å². The molecule has 0 aromatic heterocycles. The predicted molar refractivity (Wildman–Crippen MR) is 71.7 cm³/mol. The number of hydrogen-bond acceptors (Lipinski definition) is 3. The fraction of sp³-hybridized carbons (Fsp3) is 0.429. The van der Waals surface area contributed by atoms with Crippen LogP contribution >= 0.6 is 0 Å². The summed E-state index contributed by atoms with van der Waals surface area (Å²) in [7, 11) is 0. The Labute approximate surface area is 112 Å². The van der Waals surface area contributed by atoms with Gasteiger partial charge in [0.25, 0.3) is 0 Å². The molecule has 1 fully saturated rings. The highest BCUT2D eigenvalue weighted by Crippen LogP contribution is 2.12. The van der Waals surface area contributed by atoms with Crippen LogP contribution in [0.25, 0.3) is 0 Å². The Balaban J connectivity index is 1.86. The number of aliphatic hydroxyl groups excluding tert-OH is 1. The minimum atomic E-state index is -0.176. The van der Waals surface area contributed by atoms with Gasteiger partial charge in [0, 0.05) is 25.3 Å². The van der Waals surface area contributed by atoms with Crippen LogP contribution in [-0.2, 0) is 16.0 Å². The standard InChI is InChI=1S/C14H18N2O3/c17-9-7-11-3-5-12(6-4-11)15-13(18)10-16-8-1-2-14(16)19/h3-6,17H,1-2,7-10H2,(H,15,18). The molecule has 102 valence electrons. The first kappa shape index (κ1) is 13.5. The molecular weight excluding hydrogens is 244 g/mol. The molecule has 2 N–H and O–H groups in total. The Hall–Kier alpha value is -1.88. The predicted octanol–water partition coefficient (Wildman–Crippen LogP) is 0.782. The molecule has 1 heterocycles. The Morgan fingerprint density at radius 2 is 2.05 bits per heavy atom. The summed E-state index contributed by atoms with van der Waals surface area (Å²) < 4.78 is 0. The lowest BCUT2D eigenvalue weighted by atomic mass is 10.1. The first-order valence-corrected chi connectivity index (χ1v) is 6.46. The third-order valence-electron chi connectivity index (χ3n) is 3.14. The average molecular weight is 262 g/mol. The zero-order valence-electron chi connectivity index (χ0n) is 10.8. The molecule has 0 aliphatic carbocycles. The Kier molecular flexibility index (Phi) is 4.52. The topological polar surface area (TPSA) is 69.6 Å². The molecule has 1 aliphatic heterocycles. The maximum absolute atomic E-state index is 11.8. The molecule has 5 nitrogen and oxygen atoms in total. The van der Waals surface area contributed by atoms with Crippen LogP contribution in [0.4, 0.5) is 5.69 Å². The van der Waals surface area contributed by atoms with E-state index in [0.717, 1.165) is 12.0 Å². The molecule has 0 radical (unpaired) electrons. The lowest BCUT2D eigenvalue weighted by molar-refractivity contribution is -0.131. The van der Waals surface area contributed by atoms with Crippen LogP contribution in [0.2, 0.25) is 0 Å². The molecule has 0 saturated carbocycles. The number of nitrogens with one attached hydrogen (secondary N) is 1. The summed E-state index contributed by atoms with van der Waals surface area (Å²) in [4.78, 5) is 24.8. The molecule has 19 heavy (non-hydrogen) atoms. The first-order chi connectivity index (χ1) is 9.19. The Morgan fingerprint density at radius 3 is 2.63 bits per heavy atom. The van der Waals surface area contributed by atoms with E-state index < -0.39 is 0 Å². The van der Waals surface area contributed by atoms with Crippen LogP contribution in [-0.4, -0.2) is 41.5 Å². The van der Waals surface area contributed by atoms with Crippen molar-refractivity contribution in [3.63, 3.8) is 0 Å². The van der Waals surface area contributed by atoms with E-state index in [2.05, 4.69) is 5.32 Å². The number of carbonyl (C=O) groups is 2. The van der Waals surface area contributed by atoms with Gasteiger partial charge >= 0.3 is 0 Å². The molecule has 1 aromatic rings. The van der Waals surface area contributed by atoms with Crippen LogP contribution in [0.1, 0.15) is 18.4 Å². The van der Waals surface area contributed by atoms with Crippen molar-refractivity contribution in [2.24, 2.45) is 0 Å². The van der Waals surface area contributed by atoms with Crippen molar-refractivity contribution < 1.29 is 14.7 Å². The zero-order valence-corrected chi connectivity index (χ0v) is 10.8. The van der Waals surface area contributed by atoms with Gasteiger partial charge in [-0.15, -0.1) is 0 Å². The van der Waals surface area contributed by atoms with E-state index in [9.17, 15) is 9.59 Å². The second-order valence-electron chi connectivity index (χ2n) is 4.64. The number of rotatable bonds is 5. The van der Waals surface area contributed by atoms with Crippen molar-refractivity contribution in [2.75, 3.05) is 25.0 Å². The normalized spacial score (nSPS) is 14.8. The number of likely N-dealkylation sites (tertiary alicyclic amines) is 1. The minimum Gasteiger partial charge on any atom is -0.396 e. The summed E-state index contributed by atoms with van der Waals surface area (Å²) in [5.41, 5.74) is 1.73. The van der Waals surface area contributed by atoms with E-state index in [4.69, 9.17) is 5.11 Å². The van der Waals surface area contributed by atoms with E-state index in [1.807, 2.05) is 12.1 Å². The van der Waals surface area contributed by atoms with Crippen LogP contribution in [0.5, 0.6) is 0 Å². The zero-order chi connectivity index (χ0) is 13.7. The lowest BCUT2D eigenvalue weighted by Crippen LogP contribution is -2.33. The maximum Gasteiger partial charge on any atom is 0.243 e. The molecule has 0 unspecified atom stereocenters. The third-order valence-corrected chi connectivity index (χ3v) is 3.14. The van der Waals surface area contributed by atoms with E-state index in [1.54, 1.807) is 17.0 Å². The third kappa shape index (κ3) is 3.79. The monoisotopic (exact) mass is 262 g/mol. The van der Waals surface area contributed by atoms with Gasteiger partial charge in [0.05, 0.1) is 6.54 Å². The van der Waals surface area contributed by atoms with Gasteiger partial charge in [0.1, 0.15) is 0 Å². The van der Waals surface area contributed by atoms with Crippen LogP contribution in [0.3, 0.4) is 0 Å². The smallest absolute Gasteiger partial charge is 0.243 e. The van der Waals surface area contributed by atoms with Gasteiger partial charge in [-0.1, -0.05) is 12.1 Å². The molecule has 2 amide bonds. The minimum absolute atomic E-state index is 0.0495.